The van der Waals surface area contributed by atoms with Gasteiger partial charge in [-0.25, -0.2) is 13.4 Å². The van der Waals surface area contributed by atoms with Gasteiger partial charge in [-0.1, -0.05) is 11.6 Å². The molecule has 4 heterocycles. The number of rotatable bonds is 4. The van der Waals surface area contributed by atoms with Gasteiger partial charge in [-0.2, -0.15) is 16.1 Å². The quantitative estimate of drug-likeness (QED) is 0.680. The molecule has 2 fully saturated rings. The van der Waals surface area contributed by atoms with E-state index in [-0.39, 0.29) is 10.8 Å². The fourth-order valence-corrected chi connectivity index (χ4v) is 7.47. The number of sulfonamides is 1. The van der Waals surface area contributed by atoms with Crippen molar-refractivity contribution >= 4 is 56.4 Å². The molecule has 7 nitrogen and oxygen atoms in total. The molecule has 0 aromatic carbocycles. The second-order valence-corrected chi connectivity index (χ2v) is 11.2. The standard InChI is InChI=1S/C18H21ClN4O3S3/c19-14-1-2-16(20-13-14)21-4-6-22(7-5-21)18(24)17-15(3-10-28-17)29(25,26)23-8-11-27-12-9-23/h1-3,10,13H,4-9,11-12H2. The lowest BCUT2D eigenvalue weighted by Crippen LogP contribution is -2.49. The van der Waals surface area contributed by atoms with E-state index in [9.17, 15) is 13.2 Å². The third-order valence-electron chi connectivity index (χ3n) is 5.01. The number of thioether (sulfide) groups is 1. The van der Waals surface area contributed by atoms with Crippen molar-refractivity contribution in [2.24, 2.45) is 0 Å². The third kappa shape index (κ3) is 4.41. The van der Waals surface area contributed by atoms with Crippen LogP contribution in [0.1, 0.15) is 9.67 Å². The summed E-state index contributed by atoms with van der Waals surface area (Å²) < 4.78 is 27.6. The van der Waals surface area contributed by atoms with E-state index in [4.69, 9.17) is 11.6 Å². The highest BCUT2D eigenvalue weighted by Gasteiger charge is 2.33. The zero-order chi connectivity index (χ0) is 20.4. The van der Waals surface area contributed by atoms with Crippen LogP contribution in [0.3, 0.4) is 0 Å². The van der Waals surface area contributed by atoms with Gasteiger partial charge in [-0.05, 0) is 23.6 Å². The maximum Gasteiger partial charge on any atom is 0.265 e. The number of pyridine rings is 1. The van der Waals surface area contributed by atoms with Gasteiger partial charge in [-0.3, -0.25) is 4.79 Å². The Morgan fingerprint density at radius 2 is 1.76 bits per heavy atom. The highest BCUT2D eigenvalue weighted by molar-refractivity contribution is 7.99. The number of carbonyl (C=O) groups excluding carboxylic acids is 1. The smallest absolute Gasteiger partial charge is 0.265 e. The fourth-order valence-electron chi connectivity index (χ4n) is 3.42. The Bertz CT molecular complexity index is 966. The minimum atomic E-state index is -3.64. The lowest BCUT2D eigenvalue weighted by atomic mass is 10.3. The van der Waals surface area contributed by atoms with E-state index in [2.05, 4.69) is 9.88 Å². The van der Waals surface area contributed by atoms with Crippen molar-refractivity contribution < 1.29 is 13.2 Å². The number of nitrogens with zero attached hydrogens (tertiary/aromatic N) is 4. The molecule has 0 atom stereocenters. The minimum absolute atomic E-state index is 0.140. The van der Waals surface area contributed by atoms with Gasteiger partial charge < -0.3 is 9.80 Å². The van der Waals surface area contributed by atoms with Crippen LogP contribution in [0, 0.1) is 0 Å². The fraction of sp³-hybridized carbons (Fsp3) is 0.444. The van der Waals surface area contributed by atoms with Crippen LogP contribution in [0.4, 0.5) is 5.82 Å². The summed E-state index contributed by atoms with van der Waals surface area (Å²) in [4.78, 5) is 21.7. The predicted molar refractivity (Wildman–Crippen MR) is 118 cm³/mol. The van der Waals surface area contributed by atoms with Gasteiger partial charge in [0.25, 0.3) is 5.91 Å². The lowest BCUT2D eigenvalue weighted by molar-refractivity contribution is 0.0747. The Hall–Kier alpha value is -1.33. The van der Waals surface area contributed by atoms with Crippen LogP contribution in [0.25, 0.3) is 0 Å². The van der Waals surface area contributed by atoms with Gasteiger partial charge in [0, 0.05) is 57.0 Å². The molecule has 4 rings (SSSR count). The molecule has 0 saturated carbocycles. The highest BCUT2D eigenvalue weighted by Crippen LogP contribution is 2.28. The normalized spacial score (nSPS) is 18.8. The number of amides is 1. The summed E-state index contributed by atoms with van der Waals surface area (Å²) in [6.45, 7) is 3.28. The van der Waals surface area contributed by atoms with E-state index in [0.29, 0.717) is 49.2 Å². The van der Waals surface area contributed by atoms with Gasteiger partial charge >= 0.3 is 0 Å². The Morgan fingerprint density at radius 1 is 1.03 bits per heavy atom. The molecule has 0 N–H and O–H groups in total. The molecule has 2 aromatic rings. The van der Waals surface area contributed by atoms with Gasteiger partial charge in [0.05, 0.1) is 5.02 Å². The molecule has 0 unspecified atom stereocenters. The average molecular weight is 473 g/mol. The van der Waals surface area contributed by atoms with E-state index in [1.165, 1.54) is 15.6 Å². The van der Waals surface area contributed by atoms with E-state index < -0.39 is 10.0 Å². The van der Waals surface area contributed by atoms with Gasteiger partial charge in [0.2, 0.25) is 10.0 Å². The molecule has 0 spiro atoms. The van der Waals surface area contributed by atoms with Crippen molar-refractivity contribution in [2.75, 3.05) is 55.7 Å². The number of piperazine rings is 1. The van der Waals surface area contributed by atoms with Crippen LogP contribution in [0.15, 0.2) is 34.7 Å². The molecule has 29 heavy (non-hydrogen) atoms. The topological polar surface area (TPSA) is 73.8 Å². The predicted octanol–water partition coefficient (Wildman–Crippen LogP) is 2.50. The summed E-state index contributed by atoms with van der Waals surface area (Å²) in [5, 5.41) is 2.27. The Balaban J connectivity index is 1.46. The third-order valence-corrected chi connectivity index (χ3v) is 9.15. The van der Waals surface area contributed by atoms with Gasteiger partial charge in [0.15, 0.2) is 0 Å². The van der Waals surface area contributed by atoms with Crippen LogP contribution < -0.4 is 4.90 Å². The molecular weight excluding hydrogens is 452 g/mol. The SMILES string of the molecule is O=C(c1sccc1S(=O)(=O)N1CCSCC1)N1CCN(c2ccc(Cl)cn2)CC1. The van der Waals surface area contributed by atoms with Gasteiger partial charge in [-0.15, -0.1) is 11.3 Å². The lowest BCUT2D eigenvalue weighted by Gasteiger charge is -2.35. The maximum absolute atomic E-state index is 13.1. The van der Waals surface area contributed by atoms with E-state index in [0.717, 1.165) is 17.3 Å². The van der Waals surface area contributed by atoms with Crippen molar-refractivity contribution in [3.05, 3.63) is 39.7 Å². The van der Waals surface area contributed by atoms with E-state index >= 15 is 0 Å². The summed E-state index contributed by atoms with van der Waals surface area (Å²) in [5.41, 5.74) is 0. The van der Waals surface area contributed by atoms with Crippen molar-refractivity contribution in [1.82, 2.24) is 14.2 Å². The largest absolute Gasteiger partial charge is 0.353 e. The average Bonchev–Trinajstić information content (AvgIpc) is 3.25. The number of aromatic nitrogens is 1. The summed E-state index contributed by atoms with van der Waals surface area (Å²) in [6, 6.07) is 5.22. The van der Waals surface area contributed by atoms with E-state index in [1.807, 2.05) is 6.07 Å². The van der Waals surface area contributed by atoms with Crippen molar-refractivity contribution in [3.8, 4) is 0 Å². The second kappa shape index (κ2) is 8.81. The molecule has 0 bridgehead atoms. The van der Waals surface area contributed by atoms with Crippen LogP contribution in [-0.2, 0) is 10.0 Å². The molecule has 2 aliphatic heterocycles. The first kappa shape index (κ1) is 20.9. The van der Waals surface area contributed by atoms with Crippen LogP contribution in [-0.4, -0.2) is 79.3 Å². The molecule has 0 aliphatic carbocycles. The van der Waals surface area contributed by atoms with Crippen LogP contribution in [0.5, 0.6) is 0 Å². The van der Waals surface area contributed by atoms with Crippen LogP contribution in [0.2, 0.25) is 5.02 Å². The summed E-state index contributed by atoms with van der Waals surface area (Å²) in [5.74, 6) is 2.18. The number of halogens is 1. The monoisotopic (exact) mass is 472 g/mol. The summed E-state index contributed by atoms with van der Waals surface area (Å²) in [6.07, 6.45) is 1.61. The summed E-state index contributed by atoms with van der Waals surface area (Å²) >= 11 is 8.84. The Kier molecular flexibility index (Phi) is 6.35. The molecule has 11 heteroatoms. The highest BCUT2D eigenvalue weighted by atomic mass is 35.5. The Labute approximate surface area is 183 Å². The first-order valence-electron chi connectivity index (χ1n) is 9.28. The number of hydrogen-bond donors (Lipinski definition) is 0. The van der Waals surface area contributed by atoms with E-state index in [1.54, 1.807) is 40.4 Å². The number of carbonyl (C=O) groups is 1. The Morgan fingerprint density at radius 3 is 2.41 bits per heavy atom. The zero-order valence-electron chi connectivity index (χ0n) is 15.7. The number of anilines is 1. The zero-order valence-corrected chi connectivity index (χ0v) is 18.9. The first-order chi connectivity index (χ1) is 14.0. The molecule has 0 radical (unpaired) electrons. The van der Waals surface area contributed by atoms with Gasteiger partial charge in [0.1, 0.15) is 15.6 Å². The second-order valence-electron chi connectivity index (χ2n) is 6.74. The summed E-state index contributed by atoms with van der Waals surface area (Å²) in [7, 11) is -3.64. The first-order valence-corrected chi connectivity index (χ1v) is 13.1. The van der Waals surface area contributed by atoms with Crippen LogP contribution >= 0.6 is 34.7 Å². The molecule has 2 saturated heterocycles. The molecular formula is C18H21ClN4O3S3. The van der Waals surface area contributed by atoms with Crippen molar-refractivity contribution in [3.63, 3.8) is 0 Å². The van der Waals surface area contributed by atoms with Crippen molar-refractivity contribution in [1.29, 1.82) is 0 Å². The molecule has 2 aromatic heterocycles. The number of thiophene rings is 1. The van der Waals surface area contributed by atoms with Crippen molar-refractivity contribution in [2.45, 2.75) is 4.90 Å². The molecule has 2 aliphatic rings. The maximum atomic E-state index is 13.1. The minimum Gasteiger partial charge on any atom is -0.353 e. The molecule has 156 valence electrons. The molecule has 1 amide bonds. The number of hydrogen-bond acceptors (Lipinski definition) is 7.